The molecule has 2 aliphatic heterocycles. The van der Waals surface area contributed by atoms with Crippen LogP contribution in [0.15, 0.2) is 0 Å². The fourth-order valence-corrected chi connectivity index (χ4v) is 3.33. The Balaban J connectivity index is 0.00000338. The van der Waals surface area contributed by atoms with Crippen molar-refractivity contribution in [2.24, 2.45) is 17.6 Å². The summed E-state index contributed by atoms with van der Waals surface area (Å²) in [4.78, 5) is 0. The van der Waals surface area contributed by atoms with E-state index < -0.39 is 55.1 Å². The van der Waals surface area contributed by atoms with E-state index in [9.17, 15) is 20.4 Å². The zero-order valence-electron chi connectivity index (χ0n) is 14.9. The molecule has 26 heavy (non-hydrogen) atoms. The van der Waals surface area contributed by atoms with E-state index in [2.05, 4.69) is 0 Å². The Bertz CT molecular complexity index is 410. The van der Waals surface area contributed by atoms with Crippen molar-refractivity contribution in [2.45, 2.75) is 77.3 Å². The minimum Gasteiger partial charge on any atom is -0.394 e. The number of aliphatic hydroxyl groups excluding tert-OH is 4. The second-order valence-corrected chi connectivity index (χ2v) is 6.78. The number of rotatable bonds is 6. The predicted molar refractivity (Wildman–Crippen MR) is 93.0 cm³/mol. The molecule has 0 aliphatic carbocycles. The van der Waals surface area contributed by atoms with Crippen LogP contribution in [0.1, 0.15) is 28.2 Å². The lowest BCUT2D eigenvalue weighted by molar-refractivity contribution is -0.332. The lowest BCUT2D eigenvalue weighted by atomic mass is 9.89. The number of hydrogen-bond acceptors (Lipinski definition) is 9. The third-order valence-corrected chi connectivity index (χ3v) is 5.10. The molecule has 0 aromatic heterocycles. The van der Waals surface area contributed by atoms with E-state index in [0.717, 1.165) is 0 Å². The van der Waals surface area contributed by atoms with Crippen molar-refractivity contribution in [3.63, 3.8) is 0 Å². The molecule has 2 rings (SSSR count). The molecule has 2 saturated heterocycles. The van der Waals surface area contributed by atoms with Crippen LogP contribution in [0.25, 0.3) is 0 Å². The van der Waals surface area contributed by atoms with E-state index in [-0.39, 0.29) is 26.6 Å². The normalized spacial score (nSPS) is 46.6. The molecule has 0 bridgehead atoms. The smallest absolute Gasteiger partial charge is 0.176 e. The molecule has 2 fully saturated rings. The molecule has 0 radical (unpaired) electrons. The van der Waals surface area contributed by atoms with Gasteiger partial charge >= 0.3 is 0 Å². The Kier molecular flexibility index (Phi) is 9.34. The molecule has 2 heterocycles. The summed E-state index contributed by atoms with van der Waals surface area (Å²) in [6.45, 7) is 5.02. The van der Waals surface area contributed by atoms with Gasteiger partial charge in [-0.2, -0.15) is 0 Å². The molecule has 0 spiro atoms. The van der Waals surface area contributed by atoms with Gasteiger partial charge in [0, 0.05) is 18.4 Å². The highest BCUT2D eigenvalue weighted by Gasteiger charge is 2.48. The van der Waals surface area contributed by atoms with E-state index in [1.165, 1.54) is 0 Å². The summed E-state index contributed by atoms with van der Waals surface area (Å²) in [5, 5.41) is 39.8. The van der Waals surface area contributed by atoms with Crippen molar-refractivity contribution < 1.29 is 39.4 Å². The van der Waals surface area contributed by atoms with Crippen molar-refractivity contribution in [2.75, 3.05) is 19.8 Å². The van der Waals surface area contributed by atoms with Crippen LogP contribution in [-0.2, 0) is 18.9 Å². The van der Waals surface area contributed by atoms with Gasteiger partial charge in [0.1, 0.15) is 12.2 Å². The van der Waals surface area contributed by atoms with Crippen molar-refractivity contribution >= 4 is 0 Å². The van der Waals surface area contributed by atoms with Gasteiger partial charge in [0.05, 0.1) is 37.6 Å². The summed E-state index contributed by atoms with van der Waals surface area (Å²) in [5.41, 5.74) is 6.00. The third kappa shape index (κ3) is 4.73. The van der Waals surface area contributed by atoms with Crippen LogP contribution in [0.3, 0.4) is 0 Å². The maximum Gasteiger partial charge on any atom is 0.176 e. The van der Waals surface area contributed by atoms with Crippen molar-refractivity contribution in [3.8, 4) is 0 Å². The highest BCUT2D eigenvalue weighted by Crippen LogP contribution is 2.32. The zero-order valence-corrected chi connectivity index (χ0v) is 14.9. The standard InChI is InChI=1S/C16H31NO8.CH4/c1-4-22-15-8(3)13(21)14(10(6-19)24-15)25-16-11(17)12(20)7(2)9(5-18)23-16;/h7-16,18-21H,4-6,17H2,1-3H3;1H4/t7-,8?,9?,10?,11?,12-,13-,14+,15-,16-;/m0./s1. The largest absolute Gasteiger partial charge is 0.394 e. The summed E-state index contributed by atoms with van der Waals surface area (Å²) >= 11 is 0. The van der Waals surface area contributed by atoms with E-state index in [1.54, 1.807) is 13.8 Å². The molecule has 0 saturated carbocycles. The molecule has 10 atom stereocenters. The van der Waals surface area contributed by atoms with Crippen LogP contribution >= 0.6 is 0 Å². The molecule has 9 heteroatoms. The van der Waals surface area contributed by atoms with Gasteiger partial charge in [0.2, 0.25) is 0 Å². The second kappa shape index (κ2) is 10.3. The van der Waals surface area contributed by atoms with Gasteiger partial charge in [0.25, 0.3) is 0 Å². The molecule has 2 aliphatic rings. The summed E-state index contributed by atoms with van der Waals surface area (Å²) in [6.07, 6.45) is -6.00. The minimum absolute atomic E-state index is 0. The van der Waals surface area contributed by atoms with Crippen molar-refractivity contribution in [3.05, 3.63) is 0 Å². The van der Waals surface area contributed by atoms with Crippen molar-refractivity contribution in [1.29, 1.82) is 0 Å². The Labute approximate surface area is 155 Å². The molecule has 4 unspecified atom stereocenters. The summed E-state index contributed by atoms with van der Waals surface area (Å²) in [7, 11) is 0. The molecular weight excluding hydrogens is 346 g/mol. The lowest BCUT2D eigenvalue weighted by Crippen LogP contribution is -2.63. The maximum atomic E-state index is 10.6. The molecule has 156 valence electrons. The fourth-order valence-electron chi connectivity index (χ4n) is 3.33. The van der Waals surface area contributed by atoms with E-state index >= 15 is 0 Å². The Morgan fingerprint density at radius 3 is 2.04 bits per heavy atom. The number of ether oxygens (including phenoxy) is 4. The van der Waals surface area contributed by atoms with E-state index in [4.69, 9.17) is 24.7 Å². The average Bonchev–Trinajstić information content (AvgIpc) is 2.61. The zero-order chi connectivity index (χ0) is 18.7. The van der Waals surface area contributed by atoms with Crippen LogP contribution in [0.4, 0.5) is 0 Å². The highest BCUT2D eigenvalue weighted by molar-refractivity contribution is 4.93. The van der Waals surface area contributed by atoms with E-state index in [0.29, 0.717) is 6.61 Å². The van der Waals surface area contributed by atoms with Crippen molar-refractivity contribution in [1.82, 2.24) is 0 Å². The van der Waals surface area contributed by atoms with Gasteiger partial charge in [0.15, 0.2) is 12.6 Å². The second-order valence-electron chi connectivity index (χ2n) is 6.78. The van der Waals surface area contributed by atoms with Crippen LogP contribution < -0.4 is 5.73 Å². The molecular formula is C17H35NO8. The quantitative estimate of drug-likeness (QED) is 0.383. The lowest BCUT2D eigenvalue weighted by Gasteiger charge is -2.47. The first-order valence-corrected chi connectivity index (χ1v) is 8.77. The van der Waals surface area contributed by atoms with Crippen LogP contribution in [-0.4, -0.2) is 89.4 Å². The monoisotopic (exact) mass is 381 g/mol. The topological polar surface area (TPSA) is 144 Å². The third-order valence-electron chi connectivity index (χ3n) is 5.10. The maximum absolute atomic E-state index is 10.6. The first-order valence-electron chi connectivity index (χ1n) is 8.77. The van der Waals surface area contributed by atoms with E-state index in [1.807, 2.05) is 6.92 Å². The summed E-state index contributed by atoms with van der Waals surface area (Å²) in [5.74, 6) is -0.757. The highest BCUT2D eigenvalue weighted by atomic mass is 16.7. The Morgan fingerprint density at radius 2 is 1.50 bits per heavy atom. The van der Waals surface area contributed by atoms with Crippen LogP contribution in [0.5, 0.6) is 0 Å². The summed E-state index contributed by atoms with van der Waals surface area (Å²) < 4.78 is 22.6. The fraction of sp³-hybridized carbons (Fsp3) is 1.00. The Hall–Kier alpha value is -0.360. The van der Waals surface area contributed by atoms with Gasteiger partial charge in [-0.15, -0.1) is 0 Å². The first kappa shape index (κ1) is 23.7. The summed E-state index contributed by atoms with van der Waals surface area (Å²) in [6, 6.07) is -0.857. The molecule has 9 nitrogen and oxygen atoms in total. The Morgan fingerprint density at radius 1 is 0.923 bits per heavy atom. The number of aliphatic hydroxyl groups is 4. The van der Waals surface area contributed by atoms with Gasteiger partial charge in [-0.3, -0.25) is 0 Å². The average molecular weight is 381 g/mol. The van der Waals surface area contributed by atoms with Gasteiger partial charge < -0.3 is 45.1 Å². The first-order chi connectivity index (χ1) is 11.8. The van der Waals surface area contributed by atoms with Gasteiger partial charge in [-0.1, -0.05) is 21.3 Å². The van der Waals surface area contributed by atoms with Gasteiger partial charge in [-0.05, 0) is 6.92 Å². The SMILES string of the molecule is C.CCO[C@H]1OC(CO)[C@@H](O[C@@H]2OC(CO)[C@H](C)[C@H](O)C2N)[C@@H](O)C1C. The van der Waals surface area contributed by atoms with Gasteiger partial charge in [-0.25, -0.2) is 0 Å². The molecule has 0 aromatic rings. The molecule has 0 aromatic carbocycles. The predicted octanol–water partition coefficient (Wildman–Crippen LogP) is -1.20. The minimum atomic E-state index is -1.04. The molecule has 6 N–H and O–H groups in total. The van der Waals surface area contributed by atoms with Crippen LogP contribution in [0.2, 0.25) is 0 Å². The van der Waals surface area contributed by atoms with Crippen LogP contribution in [0, 0.1) is 11.8 Å². The number of nitrogens with two attached hydrogens (primary N) is 1. The number of hydrogen-bond donors (Lipinski definition) is 5. The molecule has 0 amide bonds.